The van der Waals surface area contributed by atoms with Crippen molar-refractivity contribution in [2.75, 3.05) is 145 Å². The molecule has 0 fully saturated rings. The van der Waals surface area contributed by atoms with E-state index in [-0.39, 0.29) is 69.3 Å². The van der Waals surface area contributed by atoms with Crippen molar-refractivity contribution in [3.8, 4) is 11.4 Å². The van der Waals surface area contributed by atoms with Crippen molar-refractivity contribution in [1.29, 1.82) is 0 Å². The Morgan fingerprint density at radius 2 is 1.31 bits per heavy atom. The van der Waals surface area contributed by atoms with E-state index in [1.807, 2.05) is 19.1 Å². The lowest BCUT2D eigenvalue weighted by atomic mass is 9.78. The molecule has 484 valence electrons. The Morgan fingerprint density at radius 3 is 1.87 bits per heavy atom. The van der Waals surface area contributed by atoms with Crippen LogP contribution >= 0.6 is 0 Å². The number of aliphatic hydroxyl groups excluding tert-OH is 1. The second-order valence-electron chi connectivity index (χ2n) is 22.1. The Bertz CT molecular complexity index is 2800. The molecule has 2 aromatic heterocycles. The van der Waals surface area contributed by atoms with Crippen molar-refractivity contribution in [1.82, 2.24) is 25.1 Å². The number of carbonyl (C=O) groups excluding carboxylic acids is 2. The van der Waals surface area contributed by atoms with Gasteiger partial charge in [0.05, 0.1) is 168 Å². The molecule has 26 heteroatoms. The Kier molecular flexibility index (Phi) is 27.7. The number of hydrogen-bond acceptors (Lipinski definition) is 20. The van der Waals surface area contributed by atoms with Crippen molar-refractivity contribution < 1.29 is 96.1 Å². The number of nitrogens with zero attached hydrogens (tertiary/aromatic N) is 3. The van der Waals surface area contributed by atoms with Crippen molar-refractivity contribution in [3.63, 3.8) is 0 Å². The van der Waals surface area contributed by atoms with E-state index in [0.717, 1.165) is 16.5 Å². The number of benzene rings is 1. The zero-order chi connectivity index (χ0) is 62.2. The standard InChI is InChI=1S/C61H88FN5O20/c1-4-61(76)46-37-50-55-44(39-67(50)56(72)45(46)40-86-58(61)74)54-48(9-8-43-41(2)47(62)38-49(64-55)53(43)54)65-59(75)87-42-7-5-6-13-60(3,14-10-42)57(73)63-15-21-79-27-33-85-36-30-82-24-18-66(16-22-80-28-34-83-31-25-77-19-11-51(68)69)17-23-81-29-35-84-32-26-78-20-12-52(70)71/h5,7,37-38,42,48,58,74,76H,4,6,8-36,39-40H2,1-3H3,(H,63,73)(H,65,75)(H,68,69)(H,70,71)/b7-5+/t42-,48-,58?,60+,61-/m0/s1. The third kappa shape index (κ3) is 19.7. The number of hydrogen-bond donors (Lipinski definition) is 6. The molecule has 3 aromatic rings. The predicted molar refractivity (Wildman–Crippen MR) is 312 cm³/mol. The van der Waals surface area contributed by atoms with Crippen LogP contribution in [0.4, 0.5) is 9.18 Å². The number of aromatic nitrogens is 2. The SMILES string of the molecule is CC[C@]1(O)c2cc3n(c(=O)c2COC1O)Cc1c-3nc2cc(F)c(C)c3c2c1[C@@H](NC(=O)O[C@H]1/C=C/CC[C@@](C)(C(=O)NCCOCCOCCOCCN(CCOCCOCCOCCC(=O)O)CCOCCOCCOCCC(=O)O)CC1)CC3. The van der Waals surface area contributed by atoms with Gasteiger partial charge >= 0.3 is 18.0 Å². The number of aliphatic carboxylic acids is 2. The first-order valence-electron chi connectivity index (χ1n) is 30.3. The molecule has 25 nitrogen and oxygen atoms in total. The topological polar surface area (TPSA) is 313 Å². The second-order valence-corrected chi connectivity index (χ2v) is 22.1. The van der Waals surface area contributed by atoms with Gasteiger partial charge in [0.25, 0.3) is 5.56 Å². The van der Waals surface area contributed by atoms with Gasteiger partial charge in [-0.1, -0.05) is 19.9 Å². The Hall–Kier alpha value is -5.59. The summed E-state index contributed by atoms with van der Waals surface area (Å²) in [5, 5.41) is 46.4. The summed E-state index contributed by atoms with van der Waals surface area (Å²) in [4.78, 5) is 70.0. The molecule has 4 aliphatic rings. The minimum absolute atomic E-state index is 0.0525. The number of halogens is 1. The normalized spacial score (nSPS) is 20.8. The van der Waals surface area contributed by atoms with Crippen LogP contribution in [0.2, 0.25) is 0 Å². The summed E-state index contributed by atoms with van der Waals surface area (Å²) >= 11 is 0. The number of aryl methyl sites for hydroxylation is 1. The number of allylic oxidation sites excluding steroid dienone is 1. The van der Waals surface area contributed by atoms with Gasteiger partial charge in [-0.05, 0) is 80.7 Å². The molecule has 0 bridgehead atoms. The highest BCUT2D eigenvalue weighted by atomic mass is 19.1. The second kappa shape index (κ2) is 35.0. The summed E-state index contributed by atoms with van der Waals surface area (Å²) in [6.07, 6.45) is 3.85. The summed E-state index contributed by atoms with van der Waals surface area (Å²) in [5.74, 6) is -2.36. The molecular formula is C61H88FN5O20. The summed E-state index contributed by atoms with van der Waals surface area (Å²) in [5.41, 5.74) is 1.45. The highest BCUT2D eigenvalue weighted by molar-refractivity contribution is 5.93. The number of aliphatic hydroxyl groups is 2. The molecule has 0 saturated heterocycles. The van der Waals surface area contributed by atoms with Crippen LogP contribution in [0.5, 0.6) is 0 Å². The molecule has 2 amide bonds. The van der Waals surface area contributed by atoms with Crippen LogP contribution in [-0.2, 0) is 91.7 Å². The third-order valence-electron chi connectivity index (χ3n) is 16.2. The maximum Gasteiger partial charge on any atom is 0.408 e. The van der Waals surface area contributed by atoms with Gasteiger partial charge in [0.1, 0.15) is 17.5 Å². The maximum absolute atomic E-state index is 15.5. The number of carboxylic acids is 2. The number of alkyl carbamates (subject to hydrolysis) is 1. The minimum Gasteiger partial charge on any atom is -0.481 e. The van der Waals surface area contributed by atoms with Gasteiger partial charge in [-0.2, -0.15) is 0 Å². The van der Waals surface area contributed by atoms with Gasteiger partial charge in [-0.15, -0.1) is 0 Å². The fraction of sp³-hybridized carbons (Fsp3) is 0.672. The van der Waals surface area contributed by atoms with Crippen molar-refractivity contribution >= 4 is 34.8 Å². The Balaban J connectivity index is 0.787. The molecule has 2 aliphatic carbocycles. The molecule has 2 aliphatic heterocycles. The lowest BCUT2D eigenvalue weighted by Crippen LogP contribution is -2.47. The van der Waals surface area contributed by atoms with E-state index in [1.165, 1.54) is 6.07 Å². The molecule has 0 spiro atoms. The number of ether oxygens (including phenoxy) is 11. The van der Waals surface area contributed by atoms with E-state index >= 15 is 4.39 Å². The van der Waals surface area contributed by atoms with Crippen LogP contribution in [0.3, 0.4) is 0 Å². The number of pyridine rings is 2. The van der Waals surface area contributed by atoms with Gasteiger partial charge in [0.15, 0.2) is 6.29 Å². The average molecular weight is 1230 g/mol. The van der Waals surface area contributed by atoms with Crippen LogP contribution in [0, 0.1) is 18.2 Å². The third-order valence-corrected chi connectivity index (χ3v) is 16.2. The zero-order valence-corrected chi connectivity index (χ0v) is 50.4. The van der Waals surface area contributed by atoms with E-state index in [2.05, 4.69) is 15.5 Å². The van der Waals surface area contributed by atoms with Gasteiger partial charge in [-0.3, -0.25) is 24.1 Å². The molecule has 5 atom stereocenters. The lowest BCUT2D eigenvalue weighted by Gasteiger charge is -2.37. The van der Waals surface area contributed by atoms with Crippen LogP contribution in [0.1, 0.15) is 105 Å². The number of fused-ring (bicyclic) bond motifs is 5. The number of amides is 2. The van der Waals surface area contributed by atoms with Crippen molar-refractivity contribution in [3.05, 3.63) is 73.8 Å². The average Bonchev–Trinajstić information content (AvgIpc) is 1.65. The molecule has 4 heterocycles. The first kappa shape index (κ1) is 68.9. The summed E-state index contributed by atoms with van der Waals surface area (Å²) < 4.78 is 78.8. The molecule has 1 aromatic carbocycles. The number of rotatable bonds is 40. The molecule has 1 unspecified atom stereocenters. The van der Waals surface area contributed by atoms with Crippen LogP contribution in [0.15, 0.2) is 29.1 Å². The van der Waals surface area contributed by atoms with E-state index in [0.29, 0.717) is 192 Å². The minimum atomic E-state index is -1.83. The fourth-order valence-corrected chi connectivity index (χ4v) is 11.1. The quantitative estimate of drug-likeness (QED) is 0.0270. The highest BCUT2D eigenvalue weighted by Gasteiger charge is 2.45. The van der Waals surface area contributed by atoms with Gasteiger partial charge in [0, 0.05) is 59.7 Å². The first-order chi connectivity index (χ1) is 42.0. The van der Waals surface area contributed by atoms with Crippen LogP contribution < -0.4 is 16.2 Å². The molecule has 87 heavy (non-hydrogen) atoms. The summed E-state index contributed by atoms with van der Waals surface area (Å²) in [6.45, 7) is 13.6. The number of nitrogens with one attached hydrogen (secondary N) is 2. The van der Waals surface area contributed by atoms with Gasteiger partial charge in [-0.25, -0.2) is 14.2 Å². The van der Waals surface area contributed by atoms with Crippen molar-refractivity contribution in [2.24, 2.45) is 5.41 Å². The molecule has 7 rings (SSSR count). The smallest absolute Gasteiger partial charge is 0.408 e. The summed E-state index contributed by atoms with van der Waals surface area (Å²) in [7, 11) is 0. The molecule has 0 saturated carbocycles. The Morgan fingerprint density at radius 1 is 0.759 bits per heavy atom. The van der Waals surface area contributed by atoms with Crippen LogP contribution in [-0.4, -0.2) is 216 Å². The number of carboxylic acid groups (broad SMARTS) is 2. The molecule has 0 radical (unpaired) electrons. The monoisotopic (exact) mass is 1230 g/mol. The van der Waals surface area contributed by atoms with Crippen LogP contribution in [0.25, 0.3) is 22.3 Å². The lowest BCUT2D eigenvalue weighted by molar-refractivity contribution is -0.236. The van der Waals surface area contributed by atoms with E-state index < -0.39 is 58.9 Å². The van der Waals surface area contributed by atoms with E-state index in [1.54, 1.807) is 24.5 Å². The largest absolute Gasteiger partial charge is 0.481 e. The summed E-state index contributed by atoms with van der Waals surface area (Å²) in [6, 6.07) is 2.47. The first-order valence-corrected chi connectivity index (χ1v) is 30.3. The zero-order valence-electron chi connectivity index (χ0n) is 50.4. The fourth-order valence-electron chi connectivity index (χ4n) is 11.1. The van der Waals surface area contributed by atoms with Gasteiger partial charge < -0.3 is 87.7 Å². The van der Waals surface area contributed by atoms with E-state index in [4.69, 9.17) is 67.3 Å². The van der Waals surface area contributed by atoms with Gasteiger partial charge in [0.2, 0.25) is 5.91 Å². The molecule has 6 N–H and O–H groups in total. The predicted octanol–water partition coefficient (Wildman–Crippen LogP) is 4.05. The maximum atomic E-state index is 15.5. The van der Waals surface area contributed by atoms with E-state index in [9.17, 15) is 34.2 Å². The Labute approximate surface area is 506 Å². The molecular weight excluding hydrogens is 1140 g/mol. The highest BCUT2D eigenvalue weighted by Crippen LogP contribution is 2.46. The number of carbonyl (C=O) groups is 4. The van der Waals surface area contributed by atoms with Crippen molar-refractivity contribution in [2.45, 2.75) is 116 Å².